The molecule has 1 rings (SSSR count). The highest BCUT2D eigenvalue weighted by Gasteiger charge is 2.20. The highest BCUT2D eigenvalue weighted by molar-refractivity contribution is 5.82. The third kappa shape index (κ3) is 5.94. The van der Waals surface area contributed by atoms with E-state index in [2.05, 4.69) is 10.6 Å². The van der Waals surface area contributed by atoms with Gasteiger partial charge in [-0.25, -0.2) is 9.59 Å². The Labute approximate surface area is 112 Å². The third-order valence-corrected chi connectivity index (χ3v) is 2.55. The molecule has 0 bridgehead atoms. The molecular formula is C13H20N2O4. The molecule has 1 unspecified atom stereocenters. The Balaban J connectivity index is 2.30. The van der Waals surface area contributed by atoms with Gasteiger partial charge in [-0.3, -0.25) is 0 Å². The smallest absolute Gasteiger partial charge is 0.326 e. The van der Waals surface area contributed by atoms with Crippen LogP contribution in [0, 0.1) is 5.92 Å². The molecule has 0 spiro atoms. The maximum Gasteiger partial charge on any atom is 0.326 e. The van der Waals surface area contributed by atoms with E-state index < -0.39 is 18.0 Å². The molecule has 1 aromatic rings. The SMILES string of the molecule is CC(C)CC(NC(=O)NCCc1ccco1)C(=O)O. The molecule has 0 saturated carbocycles. The van der Waals surface area contributed by atoms with Crippen molar-refractivity contribution >= 4 is 12.0 Å². The van der Waals surface area contributed by atoms with Gasteiger partial charge in [0.2, 0.25) is 0 Å². The summed E-state index contributed by atoms with van der Waals surface area (Å²) in [5.41, 5.74) is 0. The van der Waals surface area contributed by atoms with Crippen molar-refractivity contribution in [2.75, 3.05) is 6.54 Å². The van der Waals surface area contributed by atoms with Gasteiger partial charge >= 0.3 is 12.0 Å². The second-order valence-corrected chi connectivity index (χ2v) is 4.75. The Morgan fingerprint density at radius 3 is 2.68 bits per heavy atom. The molecule has 6 nitrogen and oxygen atoms in total. The van der Waals surface area contributed by atoms with Crippen LogP contribution in [0.5, 0.6) is 0 Å². The number of carbonyl (C=O) groups is 2. The van der Waals surface area contributed by atoms with Gasteiger partial charge in [0.15, 0.2) is 0 Å². The lowest BCUT2D eigenvalue weighted by atomic mass is 10.0. The highest BCUT2D eigenvalue weighted by atomic mass is 16.4. The number of furan rings is 1. The Morgan fingerprint density at radius 2 is 2.16 bits per heavy atom. The number of aliphatic carboxylic acids is 1. The number of hydrogen-bond acceptors (Lipinski definition) is 3. The quantitative estimate of drug-likeness (QED) is 0.700. The third-order valence-electron chi connectivity index (χ3n) is 2.55. The van der Waals surface area contributed by atoms with Crippen LogP contribution in [0.15, 0.2) is 22.8 Å². The van der Waals surface area contributed by atoms with E-state index in [0.29, 0.717) is 19.4 Å². The molecule has 19 heavy (non-hydrogen) atoms. The van der Waals surface area contributed by atoms with Gasteiger partial charge in [-0.2, -0.15) is 0 Å². The minimum atomic E-state index is -1.02. The number of hydrogen-bond donors (Lipinski definition) is 3. The van der Waals surface area contributed by atoms with Crippen LogP contribution in [0.1, 0.15) is 26.0 Å². The van der Waals surface area contributed by atoms with Crippen LogP contribution in [0.25, 0.3) is 0 Å². The van der Waals surface area contributed by atoms with Gasteiger partial charge in [0, 0.05) is 13.0 Å². The van der Waals surface area contributed by atoms with Crippen molar-refractivity contribution < 1.29 is 19.1 Å². The summed E-state index contributed by atoms with van der Waals surface area (Å²) >= 11 is 0. The van der Waals surface area contributed by atoms with E-state index in [9.17, 15) is 9.59 Å². The number of rotatable bonds is 7. The number of carboxylic acids is 1. The molecule has 0 aromatic carbocycles. The molecular weight excluding hydrogens is 248 g/mol. The molecule has 1 heterocycles. The molecule has 0 aliphatic rings. The molecule has 1 aromatic heterocycles. The van der Waals surface area contributed by atoms with Crippen LogP contribution in [-0.2, 0) is 11.2 Å². The van der Waals surface area contributed by atoms with Crippen molar-refractivity contribution in [3.63, 3.8) is 0 Å². The first-order chi connectivity index (χ1) is 8.99. The lowest BCUT2D eigenvalue weighted by Crippen LogP contribution is -2.47. The molecule has 0 saturated heterocycles. The topological polar surface area (TPSA) is 91.6 Å². The zero-order chi connectivity index (χ0) is 14.3. The van der Waals surface area contributed by atoms with Gasteiger partial charge in [-0.15, -0.1) is 0 Å². The molecule has 1 atom stereocenters. The molecule has 2 amide bonds. The van der Waals surface area contributed by atoms with Crippen LogP contribution < -0.4 is 10.6 Å². The second-order valence-electron chi connectivity index (χ2n) is 4.75. The summed E-state index contributed by atoms with van der Waals surface area (Å²) in [5.74, 6) is -0.0448. The standard InChI is InChI=1S/C13H20N2O4/c1-9(2)8-11(12(16)17)15-13(18)14-6-5-10-4-3-7-19-10/h3-4,7,9,11H,5-6,8H2,1-2H3,(H,16,17)(H2,14,15,18). The normalized spacial score (nSPS) is 12.2. The zero-order valence-corrected chi connectivity index (χ0v) is 11.2. The lowest BCUT2D eigenvalue weighted by molar-refractivity contribution is -0.139. The summed E-state index contributed by atoms with van der Waals surface area (Å²) < 4.78 is 5.12. The average Bonchev–Trinajstić information content (AvgIpc) is 2.80. The number of amides is 2. The Morgan fingerprint density at radius 1 is 1.42 bits per heavy atom. The van der Waals surface area contributed by atoms with Gasteiger partial charge in [0.05, 0.1) is 6.26 Å². The van der Waals surface area contributed by atoms with E-state index in [-0.39, 0.29) is 5.92 Å². The largest absolute Gasteiger partial charge is 0.480 e. The predicted molar refractivity (Wildman–Crippen MR) is 69.8 cm³/mol. The number of carboxylic acid groups (broad SMARTS) is 1. The van der Waals surface area contributed by atoms with Crippen molar-refractivity contribution in [3.05, 3.63) is 24.2 Å². The fourth-order valence-electron chi connectivity index (χ4n) is 1.66. The van der Waals surface area contributed by atoms with Crippen LogP contribution >= 0.6 is 0 Å². The first kappa shape index (κ1) is 15.1. The predicted octanol–water partition coefficient (Wildman–Crippen LogP) is 1.62. The van der Waals surface area contributed by atoms with Crippen molar-refractivity contribution in [3.8, 4) is 0 Å². The highest BCUT2D eigenvalue weighted by Crippen LogP contribution is 2.04. The first-order valence-electron chi connectivity index (χ1n) is 6.28. The van der Waals surface area contributed by atoms with E-state index in [4.69, 9.17) is 9.52 Å². The fraction of sp³-hybridized carbons (Fsp3) is 0.538. The fourth-order valence-corrected chi connectivity index (χ4v) is 1.66. The number of carbonyl (C=O) groups excluding carboxylic acids is 1. The van der Waals surface area contributed by atoms with Crippen LogP contribution in [-0.4, -0.2) is 29.7 Å². The van der Waals surface area contributed by atoms with Gasteiger partial charge < -0.3 is 20.2 Å². The van der Waals surface area contributed by atoms with E-state index in [1.807, 2.05) is 19.9 Å². The summed E-state index contributed by atoms with van der Waals surface area (Å²) in [6.07, 6.45) is 2.54. The monoisotopic (exact) mass is 268 g/mol. The average molecular weight is 268 g/mol. The summed E-state index contributed by atoms with van der Waals surface area (Å²) in [4.78, 5) is 22.5. The van der Waals surface area contributed by atoms with Gasteiger partial charge in [-0.1, -0.05) is 13.8 Å². The minimum absolute atomic E-state index is 0.199. The summed E-state index contributed by atoms with van der Waals surface area (Å²) in [7, 11) is 0. The van der Waals surface area contributed by atoms with E-state index >= 15 is 0 Å². The van der Waals surface area contributed by atoms with Crippen molar-refractivity contribution in [2.24, 2.45) is 5.92 Å². The molecule has 6 heteroatoms. The molecule has 0 aliphatic carbocycles. The maximum atomic E-state index is 11.6. The lowest BCUT2D eigenvalue weighted by Gasteiger charge is -2.16. The molecule has 0 aliphatic heterocycles. The van der Waals surface area contributed by atoms with Crippen LogP contribution in [0.3, 0.4) is 0 Å². The molecule has 0 radical (unpaired) electrons. The Bertz CT molecular complexity index is 401. The second kappa shape index (κ2) is 7.45. The first-order valence-corrected chi connectivity index (χ1v) is 6.28. The maximum absolute atomic E-state index is 11.6. The van der Waals surface area contributed by atoms with Crippen LogP contribution in [0.2, 0.25) is 0 Å². The Hall–Kier alpha value is -1.98. The van der Waals surface area contributed by atoms with E-state index in [1.54, 1.807) is 12.3 Å². The Kier molecular flexibility index (Phi) is 5.92. The van der Waals surface area contributed by atoms with Gasteiger partial charge in [0.25, 0.3) is 0 Å². The summed E-state index contributed by atoms with van der Waals surface area (Å²) in [5, 5.41) is 14.0. The number of urea groups is 1. The molecule has 3 N–H and O–H groups in total. The number of nitrogens with one attached hydrogen (secondary N) is 2. The summed E-state index contributed by atoms with van der Waals surface area (Å²) in [6.45, 7) is 4.21. The van der Waals surface area contributed by atoms with Crippen LogP contribution in [0.4, 0.5) is 4.79 Å². The molecule has 0 fully saturated rings. The van der Waals surface area contributed by atoms with Crippen molar-refractivity contribution in [1.82, 2.24) is 10.6 Å². The van der Waals surface area contributed by atoms with Crippen molar-refractivity contribution in [1.29, 1.82) is 0 Å². The zero-order valence-electron chi connectivity index (χ0n) is 11.2. The van der Waals surface area contributed by atoms with Gasteiger partial charge in [0.1, 0.15) is 11.8 Å². The summed E-state index contributed by atoms with van der Waals surface area (Å²) in [6, 6.07) is 2.26. The van der Waals surface area contributed by atoms with Gasteiger partial charge in [-0.05, 0) is 24.5 Å². The van der Waals surface area contributed by atoms with E-state index in [0.717, 1.165) is 5.76 Å². The van der Waals surface area contributed by atoms with Crippen molar-refractivity contribution in [2.45, 2.75) is 32.7 Å². The minimum Gasteiger partial charge on any atom is -0.480 e. The van der Waals surface area contributed by atoms with E-state index in [1.165, 1.54) is 0 Å². The molecule has 106 valence electrons.